The Morgan fingerprint density at radius 3 is 2.63 bits per heavy atom. The van der Waals surface area contributed by atoms with Crippen LogP contribution in [-0.4, -0.2) is 41.3 Å². The van der Waals surface area contributed by atoms with Gasteiger partial charge in [0.05, 0.1) is 5.69 Å². The van der Waals surface area contributed by atoms with E-state index < -0.39 is 0 Å². The molecule has 1 aromatic carbocycles. The second-order valence-electron chi connectivity index (χ2n) is 5.16. The summed E-state index contributed by atoms with van der Waals surface area (Å²) >= 11 is 0. The van der Waals surface area contributed by atoms with E-state index in [1.807, 2.05) is 13.0 Å². The molecule has 0 aliphatic carbocycles. The molecule has 4 nitrogen and oxygen atoms in total. The molecule has 0 saturated carbocycles. The van der Waals surface area contributed by atoms with Crippen molar-refractivity contribution in [2.24, 2.45) is 0 Å². The smallest absolute Gasteiger partial charge is 0.156 e. The van der Waals surface area contributed by atoms with Crippen LogP contribution in [0.25, 0.3) is 10.8 Å². The van der Waals surface area contributed by atoms with Crippen molar-refractivity contribution in [2.75, 3.05) is 31.5 Å². The molecule has 2 aromatic rings. The predicted molar refractivity (Wildman–Crippen MR) is 78.4 cm³/mol. The Hall–Kier alpha value is -1.68. The number of rotatable bonds is 4. The highest BCUT2D eigenvalue weighted by Gasteiger charge is 2.11. The fourth-order valence-electron chi connectivity index (χ4n) is 2.71. The maximum Gasteiger partial charge on any atom is 0.156 e. The fraction of sp³-hybridized carbons (Fsp3) is 0.467. The van der Waals surface area contributed by atoms with E-state index in [9.17, 15) is 0 Å². The van der Waals surface area contributed by atoms with Gasteiger partial charge in [-0.25, -0.2) is 0 Å². The quantitative estimate of drug-likeness (QED) is 0.912. The maximum absolute atomic E-state index is 4.29. The van der Waals surface area contributed by atoms with Crippen LogP contribution in [0.1, 0.15) is 18.5 Å². The molecule has 1 aliphatic rings. The molecule has 1 fully saturated rings. The lowest BCUT2D eigenvalue weighted by Crippen LogP contribution is -2.26. The van der Waals surface area contributed by atoms with Gasteiger partial charge in [0.15, 0.2) is 5.82 Å². The van der Waals surface area contributed by atoms with Gasteiger partial charge >= 0.3 is 0 Å². The lowest BCUT2D eigenvalue weighted by atomic mass is 10.1. The average Bonchev–Trinajstić information content (AvgIpc) is 2.95. The number of aromatic nitrogens is 2. The van der Waals surface area contributed by atoms with Crippen LogP contribution in [0.4, 0.5) is 5.82 Å². The van der Waals surface area contributed by atoms with Crippen LogP contribution >= 0.6 is 0 Å². The highest BCUT2D eigenvalue weighted by molar-refractivity contribution is 5.92. The summed E-state index contributed by atoms with van der Waals surface area (Å²) in [4.78, 5) is 2.50. The highest BCUT2D eigenvalue weighted by atomic mass is 15.2. The molecule has 1 saturated heterocycles. The van der Waals surface area contributed by atoms with Crippen molar-refractivity contribution in [1.29, 1.82) is 0 Å². The van der Waals surface area contributed by atoms with E-state index in [1.165, 1.54) is 31.3 Å². The molecule has 0 amide bonds. The third-order valence-electron chi connectivity index (χ3n) is 3.79. The number of hydrogen-bond acceptors (Lipinski definition) is 4. The molecule has 0 radical (unpaired) electrons. The number of nitrogens with one attached hydrogen (secondary N) is 1. The van der Waals surface area contributed by atoms with E-state index in [2.05, 4.69) is 38.6 Å². The van der Waals surface area contributed by atoms with Crippen molar-refractivity contribution < 1.29 is 0 Å². The minimum atomic E-state index is 0.903. The van der Waals surface area contributed by atoms with E-state index in [4.69, 9.17) is 0 Å². The zero-order chi connectivity index (χ0) is 13.1. The summed E-state index contributed by atoms with van der Waals surface area (Å²) in [7, 11) is 0. The molecule has 19 heavy (non-hydrogen) atoms. The summed E-state index contributed by atoms with van der Waals surface area (Å²) in [6.07, 6.45) is 2.68. The van der Waals surface area contributed by atoms with E-state index in [0.717, 1.165) is 30.0 Å². The van der Waals surface area contributed by atoms with Crippen molar-refractivity contribution in [3.8, 4) is 0 Å². The number of anilines is 1. The summed E-state index contributed by atoms with van der Waals surface area (Å²) in [5.74, 6) is 0.903. The number of fused-ring (bicyclic) bond motifs is 1. The largest absolute Gasteiger partial charge is 0.367 e. The van der Waals surface area contributed by atoms with Crippen LogP contribution in [0.15, 0.2) is 24.3 Å². The minimum absolute atomic E-state index is 0.903. The minimum Gasteiger partial charge on any atom is -0.367 e. The zero-order valence-electron chi connectivity index (χ0n) is 11.4. The first-order valence-electron chi connectivity index (χ1n) is 7.03. The van der Waals surface area contributed by atoms with E-state index in [-0.39, 0.29) is 0 Å². The van der Waals surface area contributed by atoms with E-state index >= 15 is 0 Å². The SMILES string of the molecule is Cc1nnc(NCCN2CCCC2)c2ccccc12. The molecule has 0 atom stereocenters. The Kier molecular flexibility index (Phi) is 3.60. The monoisotopic (exact) mass is 256 g/mol. The van der Waals surface area contributed by atoms with E-state index in [0.29, 0.717) is 0 Å². The topological polar surface area (TPSA) is 41.1 Å². The lowest BCUT2D eigenvalue weighted by Gasteiger charge is -2.15. The van der Waals surface area contributed by atoms with Crippen LogP contribution in [-0.2, 0) is 0 Å². The van der Waals surface area contributed by atoms with Gasteiger partial charge in [-0.3, -0.25) is 0 Å². The van der Waals surface area contributed by atoms with Gasteiger partial charge < -0.3 is 10.2 Å². The second-order valence-corrected chi connectivity index (χ2v) is 5.16. The summed E-state index contributed by atoms with van der Waals surface area (Å²) in [6.45, 7) is 6.50. The first-order chi connectivity index (χ1) is 9.34. The average molecular weight is 256 g/mol. The van der Waals surface area contributed by atoms with Gasteiger partial charge in [-0.1, -0.05) is 24.3 Å². The molecule has 4 heteroatoms. The Labute approximate surface area is 113 Å². The molecule has 1 N–H and O–H groups in total. The van der Waals surface area contributed by atoms with Gasteiger partial charge in [-0.15, -0.1) is 5.10 Å². The Balaban J connectivity index is 1.72. The summed E-state index contributed by atoms with van der Waals surface area (Å²) in [6, 6.07) is 8.31. The van der Waals surface area contributed by atoms with Gasteiger partial charge in [0, 0.05) is 23.9 Å². The summed E-state index contributed by atoms with van der Waals surface area (Å²) in [5, 5.41) is 14.3. The molecular weight excluding hydrogens is 236 g/mol. The normalized spacial score (nSPS) is 16.1. The molecule has 1 aromatic heterocycles. The number of likely N-dealkylation sites (tertiary alicyclic amines) is 1. The molecule has 3 rings (SSSR count). The molecule has 0 bridgehead atoms. The van der Waals surface area contributed by atoms with Crippen LogP contribution in [0.5, 0.6) is 0 Å². The number of hydrogen-bond donors (Lipinski definition) is 1. The van der Waals surface area contributed by atoms with E-state index in [1.54, 1.807) is 0 Å². The van der Waals surface area contributed by atoms with Crippen LogP contribution in [0.2, 0.25) is 0 Å². The lowest BCUT2D eigenvalue weighted by molar-refractivity contribution is 0.352. The van der Waals surface area contributed by atoms with Crippen molar-refractivity contribution >= 4 is 16.6 Å². The first-order valence-corrected chi connectivity index (χ1v) is 7.03. The Morgan fingerprint density at radius 2 is 1.84 bits per heavy atom. The summed E-state index contributed by atoms with van der Waals surface area (Å²) < 4.78 is 0. The molecule has 0 unspecified atom stereocenters. The van der Waals surface area contributed by atoms with Crippen molar-refractivity contribution in [3.05, 3.63) is 30.0 Å². The second kappa shape index (κ2) is 5.53. The van der Waals surface area contributed by atoms with Gasteiger partial charge in [0.1, 0.15) is 0 Å². The fourth-order valence-corrected chi connectivity index (χ4v) is 2.71. The number of aryl methyl sites for hydroxylation is 1. The molecule has 1 aliphatic heterocycles. The molecule has 100 valence electrons. The maximum atomic E-state index is 4.29. The molecular formula is C15H20N4. The van der Waals surface area contributed by atoms with Crippen molar-refractivity contribution in [2.45, 2.75) is 19.8 Å². The Bertz CT molecular complexity index is 561. The zero-order valence-corrected chi connectivity index (χ0v) is 11.4. The predicted octanol–water partition coefficient (Wildman–Crippen LogP) is 2.45. The molecule has 0 spiro atoms. The number of nitrogens with zero attached hydrogens (tertiary/aromatic N) is 3. The van der Waals surface area contributed by atoms with Gasteiger partial charge in [-0.2, -0.15) is 5.10 Å². The highest BCUT2D eigenvalue weighted by Crippen LogP contribution is 2.22. The number of benzene rings is 1. The third-order valence-corrected chi connectivity index (χ3v) is 3.79. The van der Waals surface area contributed by atoms with Crippen LogP contribution in [0, 0.1) is 6.92 Å². The first kappa shape index (κ1) is 12.4. The van der Waals surface area contributed by atoms with Gasteiger partial charge in [0.25, 0.3) is 0 Å². The summed E-state index contributed by atoms with van der Waals surface area (Å²) in [5.41, 5.74) is 0.987. The van der Waals surface area contributed by atoms with Crippen LogP contribution < -0.4 is 5.32 Å². The van der Waals surface area contributed by atoms with Crippen molar-refractivity contribution in [3.63, 3.8) is 0 Å². The van der Waals surface area contributed by atoms with Crippen molar-refractivity contribution in [1.82, 2.24) is 15.1 Å². The molecule has 2 heterocycles. The van der Waals surface area contributed by atoms with Gasteiger partial charge in [-0.05, 0) is 32.9 Å². The Morgan fingerprint density at radius 1 is 1.11 bits per heavy atom. The third kappa shape index (κ3) is 2.68. The van der Waals surface area contributed by atoms with Crippen LogP contribution in [0.3, 0.4) is 0 Å². The standard InChI is InChI=1S/C15H20N4/c1-12-13-6-2-3-7-14(13)15(18-17-12)16-8-11-19-9-4-5-10-19/h2-3,6-7H,4-5,8-11H2,1H3,(H,16,18). The van der Waals surface area contributed by atoms with Gasteiger partial charge in [0.2, 0.25) is 0 Å².